The van der Waals surface area contributed by atoms with E-state index in [1.165, 1.54) is 0 Å². The lowest BCUT2D eigenvalue weighted by Gasteiger charge is -2.17. The fourth-order valence-electron chi connectivity index (χ4n) is 1.56. The maximum atomic E-state index is 11.7. The van der Waals surface area contributed by atoms with E-state index in [4.69, 9.17) is 15.2 Å². The second kappa shape index (κ2) is 7.75. The quantitative estimate of drug-likeness (QED) is 0.797. The van der Waals surface area contributed by atoms with E-state index in [0.717, 1.165) is 5.56 Å². The zero-order valence-electron chi connectivity index (χ0n) is 12.6. The van der Waals surface area contributed by atoms with Crippen molar-refractivity contribution in [3.8, 4) is 11.5 Å². The summed E-state index contributed by atoms with van der Waals surface area (Å²) >= 11 is 0. The van der Waals surface area contributed by atoms with Crippen molar-refractivity contribution in [3.63, 3.8) is 0 Å². The van der Waals surface area contributed by atoms with Crippen molar-refractivity contribution in [1.29, 1.82) is 0 Å². The molecule has 0 saturated carbocycles. The van der Waals surface area contributed by atoms with Crippen LogP contribution in [0.1, 0.15) is 26.3 Å². The Kier molecular flexibility index (Phi) is 6.31. The third-order valence-corrected chi connectivity index (χ3v) is 3.17. The zero-order valence-corrected chi connectivity index (χ0v) is 12.6. The van der Waals surface area contributed by atoms with Crippen LogP contribution in [0.2, 0.25) is 0 Å². The Labute approximate surface area is 120 Å². The molecule has 0 aliphatic rings. The highest BCUT2D eigenvalue weighted by Crippen LogP contribution is 2.22. The van der Waals surface area contributed by atoms with Crippen LogP contribution in [0.5, 0.6) is 11.5 Å². The monoisotopic (exact) mass is 280 g/mol. The number of carbonyl (C=O) groups is 1. The highest BCUT2D eigenvalue weighted by molar-refractivity contribution is 5.77. The Hall–Kier alpha value is -1.75. The molecule has 0 aliphatic carbocycles. The summed E-state index contributed by atoms with van der Waals surface area (Å²) in [6.07, 6.45) is 0. The number of hydrogen-bond acceptors (Lipinski definition) is 4. The van der Waals surface area contributed by atoms with E-state index in [-0.39, 0.29) is 18.6 Å². The first-order valence-corrected chi connectivity index (χ1v) is 6.76. The minimum Gasteiger partial charge on any atom is -0.497 e. The Morgan fingerprint density at radius 1 is 1.25 bits per heavy atom. The van der Waals surface area contributed by atoms with Crippen LogP contribution in [0.3, 0.4) is 0 Å². The molecule has 1 aromatic rings. The van der Waals surface area contributed by atoms with Crippen molar-refractivity contribution in [1.82, 2.24) is 5.32 Å². The van der Waals surface area contributed by atoms with Gasteiger partial charge in [-0.2, -0.15) is 0 Å². The number of nitrogens with two attached hydrogens (primary N) is 1. The second-order valence-corrected chi connectivity index (χ2v) is 5.11. The average molecular weight is 280 g/mol. The van der Waals surface area contributed by atoms with E-state index in [1.807, 2.05) is 19.1 Å². The highest BCUT2D eigenvalue weighted by atomic mass is 16.5. The van der Waals surface area contributed by atoms with Crippen LogP contribution in [0, 0.1) is 5.92 Å². The van der Waals surface area contributed by atoms with Gasteiger partial charge in [0.25, 0.3) is 5.91 Å². The van der Waals surface area contributed by atoms with Crippen LogP contribution in [-0.2, 0) is 11.3 Å². The standard InChI is InChI=1S/C15H24N2O3/c1-10(2)11(3)17-15(18)9-20-14-6-12(8-16)5-13(7-14)19-4/h5-7,10-11H,8-9,16H2,1-4H3,(H,17,18). The van der Waals surface area contributed by atoms with Crippen LogP contribution in [-0.4, -0.2) is 25.7 Å². The number of carbonyl (C=O) groups excluding carboxylic acids is 1. The van der Waals surface area contributed by atoms with E-state index < -0.39 is 0 Å². The summed E-state index contributed by atoms with van der Waals surface area (Å²) in [6, 6.07) is 5.50. The van der Waals surface area contributed by atoms with Gasteiger partial charge in [0.15, 0.2) is 6.61 Å². The zero-order chi connectivity index (χ0) is 15.1. The molecule has 1 unspecified atom stereocenters. The van der Waals surface area contributed by atoms with Crippen LogP contribution < -0.4 is 20.5 Å². The summed E-state index contributed by atoms with van der Waals surface area (Å²) in [5, 5.41) is 2.89. The summed E-state index contributed by atoms with van der Waals surface area (Å²) < 4.78 is 10.6. The SMILES string of the molecule is COc1cc(CN)cc(OCC(=O)NC(C)C(C)C)c1. The van der Waals surface area contributed by atoms with Gasteiger partial charge < -0.3 is 20.5 Å². The molecular weight excluding hydrogens is 256 g/mol. The van der Waals surface area contributed by atoms with E-state index >= 15 is 0 Å². The van der Waals surface area contributed by atoms with Gasteiger partial charge in [-0.05, 0) is 30.5 Å². The number of rotatable bonds is 7. The number of methoxy groups -OCH3 is 1. The summed E-state index contributed by atoms with van der Waals surface area (Å²) in [5.74, 6) is 1.50. The van der Waals surface area contributed by atoms with Gasteiger partial charge in [-0.15, -0.1) is 0 Å². The number of amides is 1. The molecule has 0 fully saturated rings. The fourth-order valence-corrected chi connectivity index (χ4v) is 1.56. The Morgan fingerprint density at radius 2 is 1.90 bits per heavy atom. The number of ether oxygens (including phenoxy) is 2. The molecule has 20 heavy (non-hydrogen) atoms. The van der Waals surface area contributed by atoms with Gasteiger partial charge in [0.2, 0.25) is 0 Å². The molecule has 0 bridgehead atoms. The predicted octanol–water partition coefficient (Wildman–Crippen LogP) is 1.69. The summed E-state index contributed by atoms with van der Waals surface area (Å²) in [4.78, 5) is 11.7. The van der Waals surface area contributed by atoms with Crippen molar-refractivity contribution in [2.75, 3.05) is 13.7 Å². The van der Waals surface area contributed by atoms with Gasteiger partial charge in [0.05, 0.1) is 7.11 Å². The maximum absolute atomic E-state index is 11.7. The number of benzene rings is 1. The molecule has 0 aliphatic heterocycles. The fraction of sp³-hybridized carbons (Fsp3) is 0.533. The van der Waals surface area contributed by atoms with Crippen molar-refractivity contribution in [2.24, 2.45) is 11.7 Å². The maximum Gasteiger partial charge on any atom is 0.258 e. The smallest absolute Gasteiger partial charge is 0.258 e. The Bertz CT molecular complexity index is 424. The number of nitrogens with one attached hydrogen (secondary N) is 1. The highest BCUT2D eigenvalue weighted by Gasteiger charge is 2.11. The predicted molar refractivity (Wildman–Crippen MR) is 78.8 cm³/mol. The van der Waals surface area contributed by atoms with E-state index in [2.05, 4.69) is 19.2 Å². The molecule has 5 nitrogen and oxygen atoms in total. The summed E-state index contributed by atoms with van der Waals surface area (Å²) in [7, 11) is 1.58. The Balaban J connectivity index is 2.58. The minimum atomic E-state index is -0.136. The molecular formula is C15H24N2O3. The van der Waals surface area contributed by atoms with Crippen LogP contribution in [0.4, 0.5) is 0 Å². The third-order valence-electron chi connectivity index (χ3n) is 3.17. The van der Waals surface area contributed by atoms with Crippen molar-refractivity contribution in [2.45, 2.75) is 33.4 Å². The first kappa shape index (κ1) is 16.3. The van der Waals surface area contributed by atoms with Gasteiger partial charge in [-0.1, -0.05) is 13.8 Å². The lowest BCUT2D eigenvalue weighted by Crippen LogP contribution is -2.38. The molecule has 0 saturated heterocycles. The molecule has 112 valence electrons. The molecule has 3 N–H and O–H groups in total. The molecule has 5 heteroatoms. The van der Waals surface area contributed by atoms with Crippen LogP contribution in [0.15, 0.2) is 18.2 Å². The molecule has 0 spiro atoms. The van der Waals surface area contributed by atoms with E-state index in [0.29, 0.717) is 24.0 Å². The van der Waals surface area contributed by atoms with Gasteiger partial charge >= 0.3 is 0 Å². The molecule has 0 heterocycles. The topological polar surface area (TPSA) is 73.6 Å². The molecule has 0 aromatic heterocycles. The molecule has 1 aromatic carbocycles. The van der Waals surface area contributed by atoms with Gasteiger partial charge in [0, 0.05) is 18.7 Å². The van der Waals surface area contributed by atoms with Crippen molar-refractivity contribution >= 4 is 5.91 Å². The van der Waals surface area contributed by atoms with Gasteiger partial charge in [-0.25, -0.2) is 0 Å². The molecule has 0 radical (unpaired) electrons. The first-order valence-electron chi connectivity index (χ1n) is 6.76. The largest absolute Gasteiger partial charge is 0.497 e. The molecule has 1 atom stereocenters. The molecule has 1 rings (SSSR count). The normalized spacial score (nSPS) is 12.1. The van der Waals surface area contributed by atoms with Gasteiger partial charge in [0.1, 0.15) is 11.5 Å². The van der Waals surface area contributed by atoms with E-state index in [1.54, 1.807) is 13.2 Å². The molecule has 1 amide bonds. The van der Waals surface area contributed by atoms with Crippen LogP contribution >= 0.6 is 0 Å². The first-order chi connectivity index (χ1) is 9.46. The third kappa shape index (κ3) is 5.09. The van der Waals surface area contributed by atoms with Gasteiger partial charge in [-0.3, -0.25) is 4.79 Å². The summed E-state index contributed by atoms with van der Waals surface area (Å²) in [6.45, 7) is 6.46. The number of hydrogen-bond donors (Lipinski definition) is 2. The minimum absolute atomic E-state index is 0.0196. The van der Waals surface area contributed by atoms with E-state index in [9.17, 15) is 4.79 Å². The summed E-state index contributed by atoms with van der Waals surface area (Å²) in [5.41, 5.74) is 6.51. The average Bonchev–Trinajstić information content (AvgIpc) is 2.44. The lowest BCUT2D eigenvalue weighted by atomic mass is 10.1. The lowest BCUT2D eigenvalue weighted by molar-refractivity contribution is -0.124. The van der Waals surface area contributed by atoms with Crippen molar-refractivity contribution < 1.29 is 14.3 Å². The van der Waals surface area contributed by atoms with Crippen molar-refractivity contribution in [3.05, 3.63) is 23.8 Å². The second-order valence-electron chi connectivity index (χ2n) is 5.11. The Morgan fingerprint density at radius 3 is 2.45 bits per heavy atom. The van der Waals surface area contributed by atoms with Crippen LogP contribution in [0.25, 0.3) is 0 Å².